The highest BCUT2D eigenvalue weighted by Crippen LogP contribution is 2.27. The zero-order valence-electron chi connectivity index (χ0n) is 12.9. The van der Waals surface area contributed by atoms with Crippen LogP contribution in [0, 0.1) is 0 Å². The third-order valence-corrected chi connectivity index (χ3v) is 4.82. The van der Waals surface area contributed by atoms with Crippen molar-refractivity contribution in [3.8, 4) is 0 Å². The lowest BCUT2D eigenvalue weighted by molar-refractivity contribution is -0.125. The first-order chi connectivity index (χ1) is 11.6. The molecule has 0 bridgehead atoms. The number of nitrogens with zero attached hydrogens (tertiary/aromatic N) is 2. The first-order valence-corrected chi connectivity index (χ1v) is 7.85. The molecule has 2 aromatic rings. The van der Waals surface area contributed by atoms with Crippen molar-refractivity contribution in [2.24, 2.45) is 0 Å². The maximum atomic E-state index is 12.9. The number of hydrogen-bond donors (Lipinski definition) is 2. The normalized spacial score (nSPS) is 19.4. The van der Waals surface area contributed by atoms with Crippen molar-refractivity contribution >= 4 is 28.6 Å². The van der Waals surface area contributed by atoms with Gasteiger partial charge in [-0.3, -0.25) is 19.9 Å². The smallest absolute Gasteiger partial charge is 0.322 e. The Kier molecular flexibility index (Phi) is 3.23. The number of carbonyl (C=O) groups excluding carboxylic acids is 3. The van der Waals surface area contributed by atoms with Crippen LogP contribution in [0.3, 0.4) is 0 Å². The van der Waals surface area contributed by atoms with Gasteiger partial charge >= 0.3 is 6.03 Å². The number of hydrogen-bond acceptors (Lipinski definition) is 4. The Bertz CT molecular complexity index is 851. The molecule has 1 aromatic carbocycles. The van der Waals surface area contributed by atoms with Gasteiger partial charge in [-0.25, -0.2) is 4.79 Å². The third-order valence-electron chi connectivity index (χ3n) is 4.82. The summed E-state index contributed by atoms with van der Waals surface area (Å²) in [6.07, 6.45) is 4.14. The van der Waals surface area contributed by atoms with Crippen molar-refractivity contribution in [1.29, 1.82) is 0 Å². The molecule has 1 aromatic heterocycles. The summed E-state index contributed by atoms with van der Waals surface area (Å²) >= 11 is 0. The summed E-state index contributed by atoms with van der Waals surface area (Å²) in [4.78, 5) is 42.1. The molecule has 122 valence electrons. The van der Waals surface area contributed by atoms with Crippen LogP contribution in [0.4, 0.5) is 4.79 Å². The van der Waals surface area contributed by atoms with Crippen LogP contribution in [-0.4, -0.2) is 46.4 Å². The first kappa shape index (κ1) is 14.6. The molecular weight excluding hydrogens is 308 g/mol. The molecular formula is C17H16N4O3. The van der Waals surface area contributed by atoms with Crippen LogP contribution in [0.25, 0.3) is 10.8 Å². The summed E-state index contributed by atoms with van der Waals surface area (Å²) in [5.74, 6) is -0.398. The Morgan fingerprint density at radius 2 is 1.88 bits per heavy atom. The fourth-order valence-corrected chi connectivity index (χ4v) is 3.43. The van der Waals surface area contributed by atoms with E-state index < -0.39 is 11.6 Å². The second kappa shape index (κ2) is 5.30. The Balaban J connectivity index is 1.56. The number of amides is 4. The van der Waals surface area contributed by atoms with Crippen LogP contribution in [0.1, 0.15) is 23.2 Å². The molecule has 4 amide bonds. The van der Waals surface area contributed by atoms with E-state index in [0.717, 1.165) is 10.8 Å². The van der Waals surface area contributed by atoms with E-state index in [4.69, 9.17) is 0 Å². The fraction of sp³-hybridized carbons (Fsp3) is 0.294. The lowest BCUT2D eigenvalue weighted by Gasteiger charge is -2.37. The minimum atomic E-state index is -0.870. The quantitative estimate of drug-likeness (QED) is 0.767. The van der Waals surface area contributed by atoms with Gasteiger partial charge in [-0.1, -0.05) is 24.3 Å². The molecule has 24 heavy (non-hydrogen) atoms. The maximum absolute atomic E-state index is 12.9. The van der Waals surface area contributed by atoms with E-state index in [9.17, 15) is 14.4 Å². The van der Waals surface area contributed by atoms with Crippen molar-refractivity contribution < 1.29 is 14.4 Å². The summed E-state index contributed by atoms with van der Waals surface area (Å²) in [7, 11) is 0. The Morgan fingerprint density at radius 3 is 2.58 bits per heavy atom. The number of benzene rings is 1. The van der Waals surface area contributed by atoms with Crippen molar-refractivity contribution in [3.63, 3.8) is 0 Å². The molecule has 2 aliphatic heterocycles. The van der Waals surface area contributed by atoms with Gasteiger partial charge in [0.25, 0.3) is 11.8 Å². The number of piperidine rings is 1. The average molecular weight is 324 g/mol. The number of aromatic nitrogens is 1. The largest absolute Gasteiger partial charge is 0.338 e. The van der Waals surface area contributed by atoms with E-state index in [2.05, 4.69) is 15.6 Å². The molecule has 2 N–H and O–H groups in total. The summed E-state index contributed by atoms with van der Waals surface area (Å²) in [5.41, 5.74) is -0.311. The molecule has 0 unspecified atom stereocenters. The van der Waals surface area contributed by atoms with Crippen molar-refractivity contribution in [2.75, 3.05) is 13.1 Å². The lowest BCUT2D eigenvalue weighted by atomic mass is 9.87. The molecule has 1 spiro atoms. The van der Waals surface area contributed by atoms with E-state index >= 15 is 0 Å². The highest BCUT2D eigenvalue weighted by atomic mass is 16.2. The number of pyridine rings is 1. The Hall–Kier alpha value is -2.96. The summed E-state index contributed by atoms with van der Waals surface area (Å²) in [5, 5.41) is 6.75. The van der Waals surface area contributed by atoms with E-state index in [1.54, 1.807) is 17.3 Å². The predicted octanol–water partition coefficient (Wildman–Crippen LogP) is 1.05. The predicted molar refractivity (Wildman–Crippen MR) is 86.3 cm³/mol. The topological polar surface area (TPSA) is 91.4 Å². The summed E-state index contributed by atoms with van der Waals surface area (Å²) in [6.45, 7) is 0.825. The van der Waals surface area contributed by atoms with Gasteiger partial charge in [0.15, 0.2) is 0 Å². The standard InChI is InChI=1S/C17H16N4O3/c22-14(13-10-18-9-11-3-1-2-4-12(11)13)21-7-5-17(6-8-21)15(23)19-16(24)20-17/h1-4,9-10H,5-8H2,(H2,19,20,23,24). The number of imide groups is 1. The minimum absolute atomic E-state index is 0.0983. The molecule has 2 aliphatic rings. The van der Waals surface area contributed by atoms with Gasteiger partial charge in [-0.15, -0.1) is 0 Å². The second-order valence-electron chi connectivity index (χ2n) is 6.19. The highest BCUT2D eigenvalue weighted by molar-refractivity contribution is 6.08. The Morgan fingerprint density at radius 1 is 1.12 bits per heavy atom. The molecule has 4 rings (SSSR count). The van der Waals surface area contributed by atoms with Gasteiger partial charge in [0.1, 0.15) is 5.54 Å². The van der Waals surface area contributed by atoms with Crippen LogP contribution < -0.4 is 10.6 Å². The lowest BCUT2D eigenvalue weighted by Crippen LogP contribution is -2.55. The van der Waals surface area contributed by atoms with Gasteiger partial charge < -0.3 is 10.2 Å². The minimum Gasteiger partial charge on any atom is -0.338 e. The number of likely N-dealkylation sites (tertiary alicyclic amines) is 1. The molecule has 2 saturated heterocycles. The van der Waals surface area contributed by atoms with E-state index in [0.29, 0.717) is 31.5 Å². The van der Waals surface area contributed by atoms with Crippen LogP contribution >= 0.6 is 0 Å². The summed E-state index contributed by atoms with van der Waals surface area (Å²) < 4.78 is 0. The molecule has 7 nitrogen and oxygen atoms in total. The molecule has 0 atom stereocenters. The van der Waals surface area contributed by atoms with E-state index in [-0.39, 0.29) is 11.8 Å². The molecule has 7 heteroatoms. The fourth-order valence-electron chi connectivity index (χ4n) is 3.43. The van der Waals surface area contributed by atoms with Gasteiger partial charge in [0, 0.05) is 30.9 Å². The number of nitrogens with one attached hydrogen (secondary N) is 2. The number of urea groups is 1. The first-order valence-electron chi connectivity index (χ1n) is 7.85. The average Bonchev–Trinajstić information content (AvgIpc) is 2.87. The summed E-state index contributed by atoms with van der Waals surface area (Å²) in [6, 6.07) is 7.16. The van der Waals surface area contributed by atoms with Gasteiger partial charge in [0.2, 0.25) is 0 Å². The van der Waals surface area contributed by atoms with Crippen LogP contribution in [0.5, 0.6) is 0 Å². The molecule has 0 aliphatic carbocycles. The number of rotatable bonds is 1. The van der Waals surface area contributed by atoms with Crippen molar-refractivity contribution in [2.45, 2.75) is 18.4 Å². The van der Waals surface area contributed by atoms with Crippen molar-refractivity contribution in [1.82, 2.24) is 20.5 Å². The zero-order valence-corrected chi connectivity index (χ0v) is 12.9. The van der Waals surface area contributed by atoms with Crippen LogP contribution in [-0.2, 0) is 4.79 Å². The van der Waals surface area contributed by atoms with E-state index in [1.165, 1.54) is 0 Å². The monoisotopic (exact) mass is 324 g/mol. The number of fused-ring (bicyclic) bond motifs is 1. The molecule has 0 radical (unpaired) electrons. The van der Waals surface area contributed by atoms with E-state index in [1.807, 2.05) is 24.3 Å². The Labute approximate surface area is 138 Å². The maximum Gasteiger partial charge on any atom is 0.322 e. The molecule has 2 fully saturated rings. The van der Waals surface area contributed by atoms with Crippen molar-refractivity contribution in [3.05, 3.63) is 42.2 Å². The van der Waals surface area contributed by atoms with Gasteiger partial charge in [-0.05, 0) is 18.2 Å². The second-order valence-corrected chi connectivity index (χ2v) is 6.19. The molecule has 0 saturated carbocycles. The third kappa shape index (κ3) is 2.20. The van der Waals surface area contributed by atoms with Gasteiger partial charge in [0.05, 0.1) is 5.56 Å². The SMILES string of the molecule is O=C1NC(=O)C2(CCN(C(=O)c3cncc4ccccc34)CC2)N1. The van der Waals surface area contributed by atoms with Gasteiger partial charge in [-0.2, -0.15) is 0 Å². The van der Waals surface area contributed by atoms with Crippen LogP contribution in [0.2, 0.25) is 0 Å². The highest BCUT2D eigenvalue weighted by Gasteiger charge is 2.48. The van der Waals surface area contributed by atoms with Crippen LogP contribution in [0.15, 0.2) is 36.7 Å². The molecule has 3 heterocycles. The number of carbonyl (C=O) groups is 3. The zero-order chi connectivity index (χ0) is 16.7.